The van der Waals surface area contributed by atoms with Gasteiger partial charge in [0.2, 0.25) is 0 Å². The molecule has 0 bridgehead atoms. The van der Waals surface area contributed by atoms with Gasteiger partial charge in [0.05, 0.1) is 0 Å². The fraction of sp³-hybridized carbons (Fsp3) is 0.0222. The summed E-state index contributed by atoms with van der Waals surface area (Å²) in [7, 11) is 0. The number of hydrogen-bond acceptors (Lipinski definition) is 0. The molecule has 0 aliphatic heterocycles. The van der Waals surface area contributed by atoms with Crippen molar-refractivity contribution in [3.8, 4) is 33.4 Å². The number of rotatable bonds is 3. The smallest absolute Gasteiger partial charge is 0.00201 e. The van der Waals surface area contributed by atoms with E-state index < -0.39 is 0 Å². The zero-order valence-electron chi connectivity index (χ0n) is 25.1. The molecule has 210 valence electrons. The monoisotopic (exact) mass is 570 g/mol. The Morgan fingerprint density at radius 3 is 1.47 bits per heavy atom. The third-order valence-electron chi connectivity index (χ3n) is 9.63. The highest BCUT2D eigenvalue weighted by atomic mass is 14.2. The average molecular weight is 571 g/mol. The van der Waals surface area contributed by atoms with E-state index in [2.05, 4.69) is 171 Å². The maximum Gasteiger partial charge on any atom is -0.00201 e. The second-order valence-electron chi connectivity index (χ2n) is 12.0. The van der Waals surface area contributed by atoms with Crippen LogP contribution in [0.4, 0.5) is 0 Å². The Labute approximate surface area is 262 Å². The standard InChI is InChI=1S/C45H30/c1-29-33-27-26-32(28-42(33)35-19-7-8-20-37(35)43(29)31-15-3-2-4-16-31)44-38-21-9-11-23-40(38)45(41-24-12-10-22-39(41)44)36-25-13-17-30-14-5-6-18-34(30)36/h2-28H,1H3. The molecule has 0 N–H and O–H groups in total. The van der Waals surface area contributed by atoms with Crippen LogP contribution in [0.15, 0.2) is 164 Å². The van der Waals surface area contributed by atoms with Crippen molar-refractivity contribution in [1.82, 2.24) is 0 Å². The lowest BCUT2D eigenvalue weighted by atomic mass is 9.83. The van der Waals surface area contributed by atoms with Gasteiger partial charge in [-0.15, -0.1) is 0 Å². The zero-order chi connectivity index (χ0) is 29.9. The SMILES string of the molecule is Cc1c(-c2ccccc2)c2ccccc2c2cc(-c3c4ccccc4c(-c4cccc5ccccc45)c4ccccc34)ccc12. The van der Waals surface area contributed by atoms with E-state index in [-0.39, 0.29) is 0 Å². The average Bonchev–Trinajstić information content (AvgIpc) is 3.11. The summed E-state index contributed by atoms with van der Waals surface area (Å²) in [5.41, 5.74) is 9.02. The lowest BCUT2D eigenvalue weighted by Crippen LogP contribution is -1.93. The number of hydrogen-bond donors (Lipinski definition) is 0. The lowest BCUT2D eigenvalue weighted by molar-refractivity contribution is 1.53. The minimum atomic E-state index is 1.25. The van der Waals surface area contributed by atoms with E-state index in [1.165, 1.54) is 92.8 Å². The maximum atomic E-state index is 2.44. The second-order valence-corrected chi connectivity index (χ2v) is 12.0. The molecule has 0 unspecified atom stereocenters. The van der Waals surface area contributed by atoms with Crippen LogP contribution in [0.5, 0.6) is 0 Å². The van der Waals surface area contributed by atoms with Crippen molar-refractivity contribution in [2.45, 2.75) is 6.92 Å². The van der Waals surface area contributed by atoms with E-state index >= 15 is 0 Å². The van der Waals surface area contributed by atoms with Crippen molar-refractivity contribution >= 4 is 53.9 Å². The molecule has 0 aliphatic rings. The molecule has 0 fully saturated rings. The quantitative estimate of drug-likeness (QED) is 0.146. The highest BCUT2D eigenvalue weighted by Crippen LogP contribution is 2.47. The molecule has 0 aliphatic carbocycles. The molecule has 0 aromatic heterocycles. The topological polar surface area (TPSA) is 0 Å². The van der Waals surface area contributed by atoms with Gasteiger partial charge in [-0.1, -0.05) is 158 Å². The van der Waals surface area contributed by atoms with Crippen LogP contribution < -0.4 is 0 Å². The summed E-state index contributed by atoms with van der Waals surface area (Å²) in [5, 5.41) is 12.9. The molecule has 9 rings (SSSR count). The minimum absolute atomic E-state index is 1.25. The largest absolute Gasteiger partial charge is 0.0622 e. The normalized spacial score (nSPS) is 11.7. The third kappa shape index (κ3) is 3.93. The second kappa shape index (κ2) is 10.2. The van der Waals surface area contributed by atoms with Crippen LogP contribution >= 0.6 is 0 Å². The molecule has 0 radical (unpaired) electrons. The fourth-order valence-electron chi connectivity index (χ4n) is 7.67. The van der Waals surface area contributed by atoms with Gasteiger partial charge in [0.25, 0.3) is 0 Å². The molecule has 45 heavy (non-hydrogen) atoms. The Morgan fingerprint density at radius 1 is 0.289 bits per heavy atom. The van der Waals surface area contributed by atoms with Crippen molar-refractivity contribution in [2.24, 2.45) is 0 Å². The molecular weight excluding hydrogens is 540 g/mol. The van der Waals surface area contributed by atoms with Crippen LogP contribution in [-0.2, 0) is 0 Å². The first kappa shape index (κ1) is 25.7. The molecular formula is C45H30. The molecule has 0 saturated carbocycles. The summed E-state index contributed by atoms with van der Waals surface area (Å²) in [6, 6.07) is 60.2. The van der Waals surface area contributed by atoms with Gasteiger partial charge < -0.3 is 0 Å². The zero-order valence-corrected chi connectivity index (χ0v) is 25.1. The molecule has 9 aromatic rings. The molecule has 0 saturated heterocycles. The van der Waals surface area contributed by atoms with E-state index in [1.54, 1.807) is 0 Å². The molecule has 0 atom stereocenters. The Balaban J connectivity index is 1.38. The molecule has 0 spiro atoms. The van der Waals surface area contributed by atoms with Crippen LogP contribution in [0.2, 0.25) is 0 Å². The van der Waals surface area contributed by atoms with Crippen molar-refractivity contribution in [3.05, 3.63) is 169 Å². The Morgan fingerprint density at radius 2 is 0.800 bits per heavy atom. The summed E-state index contributed by atoms with van der Waals surface area (Å²) in [5.74, 6) is 0. The predicted molar refractivity (Wildman–Crippen MR) is 195 cm³/mol. The van der Waals surface area contributed by atoms with Crippen molar-refractivity contribution < 1.29 is 0 Å². The summed E-state index contributed by atoms with van der Waals surface area (Å²) in [6.07, 6.45) is 0. The van der Waals surface area contributed by atoms with E-state index in [1.807, 2.05) is 0 Å². The van der Waals surface area contributed by atoms with Crippen LogP contribution in [0, 0.1) is 6.92 Å². The van der Waals surface area contributed by atoms with E-state index in [4.69, 9.17) is 0 Å². The summed E-state index contributed by atoms with van der Waals surface area (Å²) >= 11 is 0. The van der Waals surface area contributed by atoms with E-state index in [0.29, 0.717) is 0 Å². The van der Waals surface area contributed by atoms with Gasteiger partial charge >= 0.3 is 0 Å². The maximum absolute atomic E-state index is 2.44. The molecule has 9 aromatic carbocycles. The molecule has 0 heterocycles. The molecule has 0 amide bonds. The van der Waals surface area contributed by atoms with Gasteiger partial charge in [-0.2, -0.15) is 0 Å². The van der Waals surface area contributed by atoms with Crippen molar-refractivity contribution in [1.29, 1.82) is 0 Å². The van der Waals surface area contributed by atoms with E-state index in [9.17, 15) is 0 Å². The lowest BCUT2D eigenvalue weighted by Gasteiger charge is -2.20. The Bertz CT molecular complexity index is 2530. The van der Waals surface area contributed by atoms with Gasteiger partial charge in [0, 0.05) is 0 Å². The highest BCUT2D eigenvalue weighted by Gasteiger charge is 2.19. The Kier molecular flexibility index (Phi) is 5.83. The minimum Gasteiger partial charge on any atom is -0.0622 e. The first-order valence-electron chi connectivity index (χ1n) is 15.7. The summed E-state index contributed by atoms with van der Waals surface area (Å²) < 4.78 is 0. The molecule has 0 heteroatoms. The van der Waals surface area contributed by atoms with Crippen LogP contribution in [0.25, 0.3) is 87.2 Å². The van der Waals surface area contributed by atoms with Gasteiger partial charge in [-0.3, -0.25) is 0 Å². The number of fused-ring (bicyclic) bond motifs is 6. The van der Waals surface area contributed by atoms with Crippen LogP contribution in [0.3, 0.4) is 0 Å². The third-order valence-corrected chi connectivity index (χ3v) is 9.63. The van der Waals surface area contributed by atoms with Gasteiger partial charge in [0.15, 0.2) is 0 Å². The first-order valence-corrected chi connectivity index (χ1v) is 15.7. The summed E-state index contributed by atoms with van der Waals surface area (Å²) in [4.78, 5) is 0. The van der Waals surface area contributed by atoms with Gasteiger partial charge in [-0.25, -0.2) is 0 Å². The van der Waals surface area contributed by atoms with Crippen molar-refractivity contribution in [2.75, 3.05) is 0 Å². The van der Waals surface area contributed by atoms with Crippen LogP contribution in [-0.4, -0.2) is 0 Å². The fourth-order valence-corrected chi connectivity index (χ4v) is 7.67. The van der Waals surface area contributed by atoms with E-state index in [0.717, 1.165) is 0 Å². The van der Waals surface area contributed by atoms with Crippen LogP contribution in [0.1, 0.15) is 5.56 Å². The van der Waals surface area contributed by atoms with Gasteiger partial charge in [-0.05, 0) is 106 Å². The first-order chi connectivity index (χ1) is 22.3. The summed E-state index contributed by atoms with van der Waals surface area (Å²) in [6.45, 7) is 2.28. The predicted octanol–water partition coefficient (Wildman–Crippen LogP) is 12.8. The van der Waals surface area contributed by atoms with Gasteiger partial charge in [0.1, 0.15) is 0 Å². The number of aryl methyl sites for hydroxylation is 1. The number of benzene rings is 9. The van der Waals surface area contributed by atoms with Crippen molar-refractivity contribution in [3.63, 3.8) is 0 Å². The Hall–Kier alpha value is -5.72. The molecule has 0 nitrogen and oxygen atoms in total. The highest BCUT2D eigenvalue weighted by molar-refractivity contribution is 6.24.